The lowest BCUT2D eigenvalue weighted by molar-refractivity contribution is -0.145. The van der Waals surface area contributed by atoms with Crippen LogP contribution in [0.25, 0.3) is 0 Å². The number of carboxylic acid groups (broad SMARTS) is 1. The average molecular weight is 154 g/mol. The molecule has 2 fully saturated rings. The first-order chi connectivity index (χ1) is 5.20. The Hall–Kier alpha value is -0.530. The number of aliphatic carboxylic acids is 1. The van der Waals surface area contributed by atoms with Crippen molar-refractivity contribution in [2.24, 2.45) is 23.7 Å². The van der Waals surface area contributed by atoms with Gasteiger partial charge in [-0.25, -0.2) is 0 Å². The van der Waals surface area contributed by atoms with Crippen LogP contribution in [0.5, 0.6) is 0 Å². The van der Waals surface area contributed by atoms with Gasteiger partial charge in [-0.1, -0.05) is 6.92 Å². The van der Waals surface area contributed by atoms with Gasteiger partial charge in [0.05, 0.1) is 5.92 Å². The van der Waals surface area contributed by atoms with E-state index in [1.165, 1.54) is 12.8 Å². The minimum Gasteiger partial charge on any atom is -0.481 e. The number of carbonyl (C=O) groups is 1. The molecule has 2 bridgehead atoms. The first-order valence-corrected chi connectivity index (χ1v) is 4.43. The Balaban J connectivity index is 2.17. The highest BCUT2D eigenvalue weighted by molar-refractivity contribution is 5.71. The second-order valence-corrected chi connectivity index (χ2v) is 4.06. The highest BCUT2D eigenvalue weighted by Gasteiger charge is 2.48. The molecular weight excluding hydrogens is 140 g/mol. The summed E-state index contributed by atoms with van der Waals surface area (Å²) in [6, 6.07) is 0. The van der Waals surface area contributed by atoms with Crippen LogP contribution in [-0.4, -0.2) is 11.1 Å². The summed E-state index contributed by atoms with van der Waals surface area (Å²) in [4.78, 5) is 10.8. The topological polar surface area (TPSA) is 37.3 Å². The molecule has 2 aliphatic carbocycles. The van der Waals surface area contributed by atoms with Crippen molar-refractivity contribution in [3.8, 4) is 0 Å². The van der Waals surface area contributed by atoms with Gasteiger partial charge in [-0.15, -0.1) is 0 Å². The van der Waals surface area contributed by atoms with Gasteiger partial charge in [-0.05, 0) is 37.0 Å². The first kappa shape index (κ1) is 7.14. The van der Waals surface area contributed by atoms with Gasteiger partial charge in [0.25, 0.3) is 0 Å². The molecule has 62 valence electrons. The second kappa shape index (κ2) is 2.23. The summed E-state index contributed by atoms with van der Waals surface area (Å²) in [5, 5.41) is 8.91. The molecule has 11 heavy (non-hydrogen) atoms. The normalized spacial score (nSPS) is 48.1. The molecule has 2 saturated carbocycles. The van der Waals surface area contributed by atoms with Crippen molar-refractivity contribution in [2.45, 2.75) is 26.2 Å². The number of rotatable bonds is 1. The Kier molecular flexibility index (Phi) is 1.44. The molecule has 2 nitrogen and oxygen atoms in total. The van der Waals surface area contributed by atoms with Crippen LogP contribution in [0.3, 0.4) is 0 Å². The third-order valence-corrected chi connectivity index (χ3v) is 3.62. The zero-order chi connectivity index (χ0) is 8.01. The third kappa shape index (κ3) is 0.883. The van der Waals surface area contributed by atoms with Crippen LogP contribution >= 0.6 is 0 Å². The predicted octanol–water partition coefficient (Wildman–Crippen LogP) is 1.75. The van der Waals surface area contributed by atoms with Gasteiger partial charge in [0.1, 0.15) is 0 Å². The van der Waals surface area contributed by atoms with Crippen molar-refractivity contribution in [1.29, 1.82) is 0 Å². The minimum absolute atomic E-state index is 0.0197. The molecule has 2 aliphatic rings. The van der Waals surface area contributed by atoms with E-state index in [9.17, 15) is 4.79 Å². The van der Waals surface area contributed by atoms with Gasteiger partial charge in [-0.3, -0.25) is 4.79 Å². The van der Waals surface area contributed by atoms with Crippen LogP contribution in [0.2, 0.25) is 0 Å². The van der Waals surface area contributed by atoms with E-state index in [1.807, 2.05) is 0 Å². The molecule has 0 aromatic rings. The molecule has 0 aromatic carbocycles. The molecule has 0 amide bonds. The summed E-state index contributed by atoms with van der Waals surface area (Å²) < 4.78 is 0. The first-order valence-electron chi connectivity index (χ1n) is 4.43. The smallest absolute Gasteiger partial charge is 0.307 e. The fraction of sp³-hybridized carbons (Fsp3) is 0.889. The summed E-state index contributed by atoms with van der Waals surface area (Å²) in [6.07, 6.45) is 3.61. The van der Waals surface area contributed by atoms with E-state index in [-0.39, 0.29) is 5.92 Å². The van der Waals surface area contributed by atoms with E-state index < -0.39 is 5.97 Å². The fourth-order valence-corrected chi connectivity index (χ4v) is 3.01. The SMILES string of the molecule is C[C@@H]1[C@@H]2CC[C@@H](C2)[C@@H]1C(=O)O. The summed E-state index contributed by atoms with van der Waals surface area (Å²) >= 11 is 0. The molecule has 4 atom stereocenters. The Morgan fingerprint density at radius 3 is 2.36 bits per heavy atom. The summed E-state index contributed by atoms with van der Waals surface area (Å²) in [5.74, 6) is 1.08. The Morgan fingerprint density at radius 1 is 1.36 bits per heavy atom. The number of hydrogen-bond acceptors (Lipinski definition) is 1. The van der Waals surface area contributed by atoms with Gasteiger partial charge in [0.2, 0.25) is 0 Å². The van der Waals surface area contributed by atoms with Gasteiger partial charge in [0.15, 0.2) is 0 Å². The maximum atomic E-state index is 10.8. The lowest BCUT2D eigenvalue weighted by Gasteiger charge is -2.24. The fourth-order valence-electron chi connectivity index (χ4n) is 3.01. The quantitative estimate of drug-likeness (QED) is 0.624. The van der Waals surface area contributed by atoms with Crippen molar-refractivity contribution in [3.05, 3.63) is 0 Å². The van der Waals surface area contributed by atoms with E-state index in [2.05, 4.69) is 6.92 Å². The van der Waals surface area contributed by atoms with Gasteiger partial charge < -0.3 is 5.11 Å². The molecule has 0 aromatic heterocycles. The Morgan fingerprint density at radius 2 is 2.00 bits per heavy atom. The molecule has 0 radical (unpaired) electrons. The largest absolute Gasteiger partial charge is 0.481 e. The zero-order valence-corrected chi connectivity index (χ0v) is 6.79. The van der Waals surface area contributed by atoms with Crippen molar-refractivity contribution < 1.29 is 9.90 Å². The summed E-state index contributed by atoms with van der Waals surface area (Å²) in [6.45, 7) is 2.10. The number of carboxylic acids is 1. The lowest BCUT2D eigenvalue weighted by atomic mass is 9.81. The standard InChI is InChI=1S/C9H14O2/c1-5-6-2-3-7(4-6)8(5)9(10)11/h5-8H,2-4H2,1H3,(H,10,11)/t5-,6-,7+,8-/m1/s1. The molecule has 2 rings (SSSR count). The predicted molar refractivity (Wildman–Crippen MR) is 41.1 cm³/mol. The Labute approximate surface area is 66.6 Å². The second-order valence-electron chi connectivity index (χ2n) is 4.06. The van der Waals surface area contributed by atoms with E-state index in [4.69, 9.17) is 5.11 Å². The van der Waals surface area contributed by atoms with Gasteiger partial charge in [0, 0.05) is 0 Å². The van der Waals surface area contributed by atoms with Crippen LogP contribution in [0.15, 0.2) is 0 Å². The van der Waals surface area contributed by atoms with E-state index in [0.717, 1.165) is 12.3 Å². The summed E-state index contributed by atoms with van der Waals surface area (Å²) in [7, 11) is 0. The van der Waals surface area contributed by atoms with E-state index >= 15 is 0 Å². The third-order valence-electron chi connectivity index (χ3n) is 3.62. The number of hydrogen-bond donors (Lipinski definition) is 1. The molecule has 0 aliphatic heterocycles. The van der Waals surface area contributed by atoms with Crippen molar-refractivity contribution in [2.75, 3.05) is 0 Å². The summed E-state index contributed by atoms with van der Waals surface area (Å²) in [5.41, 5.74) is 0. The monoisotopic (exact) mass is 154 g/mol. The number of fused-ring (bicyclic) bond motifs is 2. The van der Waals surface area contributed by atoms with Gasteiger partial charge >= 0.3 is 5.97 Å². The average Bonchev–Trinajstić information content (AvgIpc) is 2.44. The maximum Gasteiger partial charge on any atom is 0.307 e. The minimum atomic E-state index is -0.565. The van der Waals surface area contributed by atoms with Crippen molar-refractivity contribution >= 4 is 5.97 Å². The van der Waals surface area contributed by atoms with Crippen molar-refractivity contribution in [1.82, 2.24) is 0 Å². The van der Waals surface area contributed by atoms with Gasteiger partial charge in [-0.2, -0.15) is 0 Å². The van der Waals surface area contributed by atoms with E-state index in [0.29, 0.717) is 11.8 Å². The van der Waals surface area contributed by atoms with Crippen LogP contribution in [0.4, 0.5) is 0 Å². The Bertz CT molecular complexity index is 186. The van der Waals surface area contributed by atoms with Crippen LogP contribution in [0, 0.1) is 23.7 Å². The molecule has 0 saturated heterocycles. The molecule has 0 spiro atoms. The molecule has 0 unspecified atom stereocenters. The zero-order valence-electron chi connectivity index (χ0n) is 6.79. The lowest BCUT2D eigenvalue weighted by Crippen LogP contribution is -2.27. The molecule has 1 N–H and O–H groups in total. The molecular formula is C9H14O2. The van der Waals surface area contributed by atoms with Crippen LogP contribution < -0.4 is 0 Å². The van der Waals surface area contributed by atoms with Crippen LogP contribution in [0.1, 0.15) is 26.2 Å². The van der Waals surface area contributed by atoms with Crippen molar-refractivity contribution in [3.63, 3.8) is 0 Å². The van der Waals surface area contributed by atoms with Crippen LogP contribution in [-0.2, 0) is 4.79 Å². The van der Waals surface area contributed by atoms with E-state index in [1.54, 1.807) is 0 Å². The maximum absolute atomic E-state index is 10.8. The highest BCUT2D eigenvalue weighted by Crippen LogP contribution is 2.51. The molecule has 2 heteroatoms. The molecule has 0 heterocycles. The highest BCUT2D eigenvalue weighted by atomic mass is 16.4.